The molecule has 4 heteroatoms. The van der Waals surface area contributed by atoms with E-state index in [4.69, 9.17) is 16.6 Å². The molecule has 0 saturated carbocycles. The third-order valence-electron chi connectivity index (χ3n) is 3.39. The van der Waals surface area contributed by atoms with Crippen LogP contribution in [-0.4, -0.2) is 17.0 Å². The van der Waals surface area contributed by atoms with E-state index in [-0.39, 0.29) is 6.04 Å². The normalized spacial score (nSPS) is 21.1. The van der Waals surface area contributed by atoms with Crippen molar-refractivity contribution in [3.8, 4) is 0 Å². The third-order valence-corrected chi connectivity index (χ3v) is 4.57. The minimum absolute atomic E-state index is 0.232. The van der Waals surface area contributed by atoms with Gasteiger partial charge < -0.3 is 5.32 Å². The zero-order chi connectivity index (χ0) is 13.8. The highest BCUT2D eigenvalue weighted by Gasteiger charge is 2.19. The number of nitrogens with one attached hydrogen (secondary N) is 1. The fourth-order valence-corrected chi connectivity index (χ4v) is 3.36. The summed E-state index contributed by atoms with van der Waals surface area (Å²) in [5.41, 5.74) is 1.20. The van der Waals surface area contributed by atoms with E-state index in [0.29, 0.717) is 12.0 Å². The van der Waals surface area contributed by atoms with E-state index in [1.165, 1.54) is 12.0 Å². The first kappa shape index (κ1) is 14.7. The van der Waals surface area contributed by atoms with E-state index >= 15 is 0 Å². The van der Waals surface area contributed by atoms with Crippen molar-refractivity contribution in [3.05, 3.63) is 34.9 Å². The number of benzene rings is 1. The second-order valence-corrected chi connectivity index (χ2v) is 6.82. The Bertz CT molecular complexity index is 459. The predicted molar refractivity (Wildman–Crippen MR) is 86.1 cm³/mol. The lowest BCUT2D eigenvalue weighted by atomic mass is 10.0. The van der Waals surface area contributed by atoms with Gasteiger partial charge in [0.1, 0.15) is 0 Å². The molecule has 1 N–H and O–H groups in total. The lowest BCUT2D eigenvalue weighted by Crippen LogP contribution is -2.30. The molecule has 1 aromatic rings. The van der Waals surface area contributed by atoms with Gasteiger partial charge in [-0.1, -0.05) is 49.3 Å². The highest BCUT2D eigenvalue weighted by Crippen LogP contribution is 2.24. The van der Waals surface area contributed by atoms with Crippen LogP contribution in [0.1, 0.15) is 38.8 Å². The SMILES string of the molecule is CC(NC1=NC(C(C)C)CCS1)c1cccc(Cl)c1. The van der Waals surface area contributed by atoms with Gasteiger partial charge >= 0.3 is 0 Å². The quantitative estimate of drug-likeness (QED) is 0.887. The van der Waals surface area contributed by atoms with E-state index < -0.39 is 0 Å². The van der Waals surface area contributed by atoms with Crippen molar-refractivity contribution >= 4 is 28.5 Å². The zero-order valence-corrected chi connectivity index (χ0v) is 13.3. The molecule has 1 aliphatic heterocycles. The molecule has 1 aromatic carbocycles. The molecular formula is C15H21ClN2S. The molecule has 0 aliphatic carbocycles. The maximum atomic E-state index is 6.03. The number of hydrogen-bond acceptors (Lipinski definition) is 3. The first-order chi connectivity index (χ1) is 9.06. The van der Waals surface area contributed by atoms with Gasteiger partial charge in [-0.2, -0.15) is 0 Å². The lowest BCUT2D eigenvalue weighted by molar-refractivity contribution is 0.482. The van der Waals surface area contributed by atoms with Crippen LogP contribution >= 0.6 is 23.4 Å². The van der Waals surface area contributed by atoms with Crippen molar-refractivity contribution in [2.45, 2.75) is 39.3 Å². The monoisotopic (exact) mass is 296 g/mol. The maximum absolute atomic E-state index is 6.03. The number of aliphatic imine (C=N–C) groups is 1. The average molecular weight is 297 g/mol. The summed E-state index contributed by atoms with van der Waals surface area (Å²) < 4.78 is 0. The average Bonchev–Trinajstić information content (AvgIpc) is 2.39. The molecule has 19 heavy (non-hydrogen) atoms. The Morgan fingerprint density at radius 1 is 1.37 bits per heavy atom. The summed E-state index contributed by atoms with van der Waals surface area (Å²) in [6.45, 7) is 6.62. The first-order valence-corrected chi connectivity index (χ1v) is 8.15. The second kappa shape index (κ2) is 6.67. The number of amidine groups is 1. The highest BCUT2D eigenvalue weighted by molar-refractivity contribution is 8.13. The zero-order valence-electron chi connectivity index (χ0n) is 11.7. The van der Waals surface area contributed by atoms with Gasteiger partial charge in [0.05, 0.1) is 12.1 Å². The van der Waals surface area contributed by atoms with E-state index in [9.17, 15) is 0 Å². The fourth-order valence-electron chi connectivity index (χ4n) is 2.13. The summed E-state index contributed by atoms with van der Waals surface area (Å²) in [4.78, 5) is 4.80. The van der Waals surface area contributed by atoms with Gasteiger partial charge in [-0.25, -0.2) is 0 Å². The minimum Gasteiger partial charge on any atom is -0.358 e. The van der Waals surface area contributed by atoms with E-state index in [1.54, 1.807) is 0 Å². The van der Waals surface area contributed by atoms with Gasteiger partial charge in [0, 0.05) is 10.8 Å². The molecule has 2 nitrogen and oxygen atoms in total. The van der Waals surface area contributed by atoms with Gasteiger partial charge in [0.25, 0.3) is 0 Å². The largest absolute Gasteiger partial charge is 0.358 e. The molecular weight excluding hydrogens is 276 g/mol. The Labute approximate surface area is 125 Å². The summed E-state index contributed by atoms with van der Waals surface area (Å²) >= 11 is 7.85. The molecule has 104 valence electrons. The van der Waals surface area contributed by atoms with E-state index in [0.717, 1.165) is 15.9 Å². The van der Waals surface area contributed by atoms with Crippen LogP contribution in [-0.2, 0) is 0 Å². The smallest absolute Gasteiger partial charge is 0.157 e. The van der Waals surface area contributed by atoms with Gasteiger partial charge in [0.15, 0.2) is 5.17 Å². The van der Waals surface area contributed by atoms with Crippen LogP contribution in [0, 0.1) is 5.92 Å². The molecule has 1 heterocycles. The standard InChI is InChI=1S/C15H21ClN2S/c1-10(2)14-7-8-19-15(18-14)17-11(3)12-5-4-6-13(16)9-12/h4-6,9-11,14H,7-8H2,1-3H3,(H,17,18). The molecule has 0 bridgehead atoms. The number of thioether (sulfide) groups is 1. The van der Waals surface area contributed by atoms with Crippen molar-refractivity contribution in [2.24, 2.45) is 10.9 Å². The Kier molecular flexibility index (Phi) is 5.17. The summed E-state index contributed by atoms with van der Waals surface area (Å²) in [7, 11) is 0. The Balaban J connectivity index is 2.04. The number of hydrogen-bond donors (Lipinski definition) is 1. The molecule has 0 radical (unpaired) electrons. The summed E-state index contributed by atoms with van der Waals surface area (Å²) in [5, 5.41) is 5.35. The number of halogens is 1. The summed E-state index contributed by atoms with van der Waals surface area (Å²) in [6.07, 6.45) is 1.18. The Morgan fingerprint density at radius 2 is 2.16 bits per heavy atom. The van der Waals surface area contributed by atoms with Crippen LogP contribution in [0.4, 0.5) is 0 Å². The highest BCUT2D eigenvalue weighted by atomic mass is 35.5. The molecule has 2 unspecified atom stereocenters. The van der Waals surface area contributed by atoms with Gasteiger partial charge in [0.2, 0.25) is 0 Å². The van der Waals surface area contributed by atoms with Crippen molar-refractivity contribution < 1.29 is 0 Å². The molecule has 0 saturated heterocycles. The molecule has 0 fully saturated rings. The van der Waals surface area contributed by atoms with Crippen molar-refractivity contribution in [1.29, 1.82) is 0 Å². The predicted octanol–water partition coefficient (Wildman–Crippen LogP) is 4.51. The van der Waals surface area contributed by atoms with Gasteiger partial charge in [-0.05, 0) is 37.0 Å². The number of rotatable bonds is 3. The third kappa shape index (κ3) is 4.15. The summed E-state index contributed by atoms with van der Waals surface area (Å²) in [6, 6.07) is 8.68. The molecule has 0 aromatic heterocycles. The summed E-state index contributed by atoms with van der Waals surface area (Å²) in [5.74, 6) is 1.76. The van der Waals surface area contributed by atoms with Crippen molar-refractivity contribution in [3.63, 3.8) is 0 Å². The van der Waals surface area contributed by atoms with E-state index in [2.05, 4.69) is 32.2 Å². The van der Waals surface area contributed by atoms with Crippen LogP contribution in [0.3, 0.4) is 0 Å². The minimum atomic E-state index is 0.232. The lowest BCUT2D eigenvalue weighted by Gasteiger charge is -2.25. The molecule has 0 spiro atoms. The van der Waals surface area contributed by atoms with Crippen LogP contribution in [0.5, 0.6) is 0 Å². The van der Waals surface area contributed by atoms with Crippen LogP contribution in [0.2, 0.25) is 5.02 Å². The topological polar surface area (TPSA) is 24.4 Å². The molecule has 0 amide bonds. The van der Waals surface area contributed by atoms with Gasteiger partial charge in [-0.15, -0.1) is 0 Å². The van der Waals surface area contributed by atoms with E-state index in [1.807, 2.05) is 30.0 Å². The Hall–Kier alpha value is -0.670. The molecule has 1 aliphatic rings. The van der Waals surface area contributed by atoms with Crippen LogP contribution in [0.15, 0.2) is 29.3 Å². The van der Waals surface area contributed by atoms with Crippen LogP contribution < -0.4 is 5.32 Å². The Morgan fingerprint density at radius 3 is 2.84 bits per heavy atom. The van der Waals surface area contributed by atoms with Gasteiger partial charge in [-0.3, -0.25) is 4.99 Å². The fraction of sp³-hybridized carbons (Fsp3) is 0.533. The van der Waals surface area contributed by atoms with Crippen molar-refractivity contribution in [2.75, 3.05) is 5.75 Å². The number of nitrogens with zero attached hydrogens (tertiary/aromatic N) is 1. The molecule has 2 rings (SSSR count). The maximum Gasteiger partial charge on any atom is 0.157 e. The van der Waals surface area contributed by atoms with Crippen molar-refractivity contribution in [1.82, 2.24) is 5.32 Å². The first-order valence-electron chi connectivity index (χ1n) is 6.79. The molecule has 2 atom stereocenters. The van der Waals surface area contributed by atoms with Crippen LogP contribution in [0.25, 0.3) is 0 Å². The second-order valence-electron chi connectivity index (χ2n) is 5.30.